The van der Waals surface area contributed by atoms with Crippen LogP contribution in [0.15, 0.2) is 4.99 Å². The van der Waals surface area contributed by atoms with Gasteiger partial charge in [-0.25, -0.2) is 0 Å². The van der Waals surface area contributed by atoms with E-state index in [9.17, 15) is 4.79 Å². The van der Waals surface area contributed by atoms with Gasteiger partial charge in [0.25, 0.3) is 0 Å². The van der Waals surface area contributed by atoms with Crippen molar-refractivity contribution < 1.29 is 4.79 Å². The lowest BCUT2D eigenvalue weighted by molar-refractivity contribution is -0.110. The summed E-state index contributed by atoms with van der Waals surface area (Å²) in [5, 5.41) is 2.61. The summed E-state index contributed by atoms with van der Waals surface area (Å²) in [6, 6.07) is 0. The maximum absolute atomic E-state index is 9.89. The monoisotopic (exact) mass is 126 g/mol. The highest BCUT2D eigenvalue weighted by atomic mass is 16.1. The van der Waals surface area contributed by atoms with Crippen LogP contribution in [-0.2, 0) is 4.79 Å². The normalized spacial score (nSPS) is 25.6. The molecule has 1 aliphatic rings. The van der Waals surface area contributed by atoms with Crippen molar-refractivity contribution in [1.29, 1.82) is 0 Å². The van der Waals surface area contributed by atoms with Crippen LogP contribution in [-0.4, -0.2) is 18.8 Å². The number of hydrogen-bond acceptors (Lipinski definition) is 2. The Balaban J connectivity index is 2.31. The quantitative estimate of drug-likeness (QED) is 0.532. The minimum atomic E-state index is 0.0521. The number of rotatable bonds is 2. The molecule has 1 rings (SSSR count). The highest BCUT2D eigenvalue weighted by molar-refractivity contribution is 5.59. The summed E-state index contributed by atoms with van der Waals surface area (Å²) in [6.07, 6.45) is 5.79. The summed E-state index contributed by atoms with van der Waals surface area (Å²) in [6.45, 7) is 0. The first-order valence-electron chi connectivity index (χ1n) is 3.15. The van der Waals surface area contributed by atoms with Gasteiger partial charge in [0.1, 0.15) is 6.17 Å². The van der Waals surface area contributed by atoms with Crippen molar-refractivity contribution in [3.63, 3.8) is 0 Å². The second kappa shape index (κ2) is 3.22. The van der Waals surface area contributed by atoms with Gasteiger partial charge in [0, 0.05) is 6.21 Å². The molecule has 0 bridgehead atoms. The Morgan fingerprint density at radius 3 is 3.22 bits per heavy atom. The van der Waals surface area contributed by atoms with E-state index in [4.69, 9.17) is 0 Å². The zero-order valence-electron chi connectivity index (χ0n) is 5.21. The summed E-state index contributed by atoms with van der Waals surface area (Å²) in [5.41, 5.74) is 0. The van der Waals surface area contributed by atoms with Crippen LogP contribution >= 0.6 is 0 Å². The fourth-order valence-electron chi connectivity index (χ4n) is 0.884. The fraction of sp³-hybridized carbons (Fsp3) is 0.667. The molecule has 0 aromatic rings. The number of aliphatic imine (C=N–C) groups is 1. The first kappa shape index (κ1) is 6.26. The summed E-state index contributed by atoms with van der Waals surface area (Å²) in [7, 11) is 0. The van der Waals surface area contributed by atoms with Crippen molar-refractivity contribution in [2.24, 2.45) is 4.99 Å². The number of carbonyl (C=O) groups is 1. The summed E-state index contributed by atoms with van der Waals surface area (Å²) >= 11 is 0. The van der Waals surface area contributed by atoms with Gasteiger partial charge in [-0.2, -0.15) is 0 Å². The zero-order valence-corrected chi connectivity index (χ0v) is 5.21. The Hall–Kier alpha value is -0.860. The average molecular weight is 126 g/mol. The predicted molar refractivity (Wildman–Crippen MR) is 35.3 cm³/mol. The number of carbonyl (C=O) groups excluding carboxylic acids is 1. The largest absolute Gasteiger partial charge is 0.337 e. The van der Waals surface area contributed by atoms with Crippen molar-refractivity contribution >= 4 is 12.6 Å². The van der Waals surface area contributed by atoms with Crippen LogP contribution in [0.4, 0.5) is 0 Å². The van der Waals surface area contributed by atoms with E-state index in [0.29, 0.717) is 6.41 Å². The van der Waals surface area contributed by atoms with Gasteiger partial charge < -0.3 is 5.32 Å². The van der Waals surface area contributed by atoms with E-state index in [0.717, 1.165) is 19.3 Å². The van der Waals surface area contributed by atoms with Gasteiger partial charge in [-0.05, 0) is 19.3 Å². The summed E-state index contributed by atoms with van der Waals surface area (Å²) in [5.74, 6) is 0. The molecule has 1 heterocycles. The van der Waals surface area contributed by atoms with Crippen LogP contribution in [0.1, 0.15) is 19.3 Å². The number of nitrogens with one attached hydrogen (secondary N) is 1. The molecule has 0 radical (unpaired) electrons. The van der Waals surface area contributed by atoms with E-state index in [1.54, 1.807) is 0 Å². The molecule has 50 valence electrons. The molecule has 9 heavy (non-hydrogen) atoms. The number of nitrogens with zero attached hydrogens (tertiary/aromatic N) is 1. The number of amides is 1. The maximum atomic E-state index is 9.89. The Kier molecular flexibility index (Phi) is 2.24. The third-order valence-electron chi connectivity index (χ3n) is 1.36. The topological polar surface area (TPSA) is 41.5 Å². The van der Waals surface area contributed by atoms with Crippen LogP contribution in [0.5, 0.6) is 0 Å². The Bertz CT molecular complexity index is 122. The van der Waals surface area contributed by atoms with Crippen molar-refractivity contribution in [1.82, 2.24) is 5.32 Å². The smallest absolute Gasteiger partial charge is 0.208 e. The maximum Gasteiger partial charge on any atom is 0.208 e. The molecule has 3 nitrogen and oxygen atoms in total. The van der Waals surface area contributed by atoms with Gasteiger partial charge in [-0.1, -0.05) is 0 Å². The van der Waals surface area contributed by atoms with Gasteiger partial charge in [0.15, 0.2) is 0 Å². The Labute approximate surface area is 54.2 Å². The predicted octanol–water partition coefficient (Wildman–Crippen LogP) is 0.313. The molecule has 1 amide bonds. The first-order chi connectivity index (χ1) is 4.43. The highest BCUT2D eigenvalue weighted by Gasteiger charge is 2.05. The number of hydrogen-bond donors (Lipinski definition) is 1. The molecule has 1 unspecified atom stereocenters. The van der Waals surface area contributed by atoms with Gasteiger partial charge in [-0.3, -0.25) is 9.79 Å². The van der Waals surface area contributed by atoms with Gasteiger partial charge in [0.2, 0.25) is 6.41 Å². The molecule has 1 aliphatic heterocycles. The van der Waals surface area contributed by atoms with Crippen LogP contribution in [0, 0.1) is 0 Å². The Morgan fingerprint density at radius 1 is 1.78 bits per heavy atom. The lowest BCUT2D eigenvalue weighted by Crippen LogP contribution is -2.27. The average Bonchev–Trinajstić information content (AvgIpc) is 1.91. The van der Waals surface area contributed by atoms with Crippen LogP contribution in [0.2, 0.25) is 0 Å². The fourth-order valence-corrected chi connectivity index (χ4v) is 0.884. The van der Waals surface area contributed by atoms with E-state index in [2.05, 4.69) is 10.3 Å². The molecular weight excluding hydrogens is 116 g/mol. The van der Waals surface area contributed by atoms with E-state index in [1.165, 1.54) is 0 Å². The third kappa shape index (κ3) is 1.83. The molecular formula is C6H10N2O. The lowest BCUT2D eigenvalue weighted by Gasteiger charge is -2.13. The second-order valence-corrected chi connectivity index (χ2v) is 2.06. The molecule has 1 atom stereocenters. The summed E-state index contributed by atoms with van der Waals surface area (Å²) < 4.78 is 0. The molecule has 3 heteroatoms. The van der Waals surface area contributed by atoms with E-state index in [1.807, 2.05) is 6.21 Å². The van der Waals surface area contributed by atoms with Gasteiger partial charge in [-0.15, -0.1) is 0 Å². The van der Waals surface area contributed by atoms with Crippen LogP contribution in [0.25, 0.3) is 0 Å². The molecule has 0 spiro atoms. The molecule has 0 aliphatic carbocycles. The second-order valence-electron chi connectivity index (χ2n) is 2.06. The zero-order chi connectivity index (χ0) is 6.53. The molecule has 1 N–H and O–H groups in total. The van der Waals surface area contributed by atoms with Crippen molar-refractivity contribution in [2.75, 3.05) is 0 Å². The molecule has 0 saturated carbocycles. The SMILES string of the molecule is O=CNC1CCCC=N1. The molecule has 0 saturated heterocycles. The standard InChI is InChI=1S/C6H10N2O/c9-5-8-6-3-1-2-4-7-6/h4-6H,1-3H2,(H,8,9). The van der Waals surface area contributed by atoms with Crippen molar-refractivity contribution in [3.05, 3.63) is 0 Å². The minimum absolute atomic E-state index is 0.0521. The van der Waals surface area contributed by atoms with Crippen LogP contribution < -0.4 is 5.32 Å². The van der Waals surface area contributed by atoms with E-state index in [-0.39, 0.29) is 6.17 Å². The van der Waals surface area contributed by atoms with E-state index < -0.39 is 0 Å². The van der Waals surface area contributed by atoms with E-state index >= 15 is 0 Å². The summed E-state index contributed by atoms with van der Waals surface area (Å²) in [4.78, 5) is 13.9. The van der Waals surface area contributed by atoms with Crippen molar-refractivity contribution in [3.8, 4) is 0 Å². The first-order valence-corrected chi connectivity index (χ1v) is 3.15. The minimum Gasteiger partial charge on any atom is -0.337 e. The van der Waals surface area contributed by atoms with Crippen molar-refractivity contribution in [2.45, 2.75) is 25.4 Å². The molecule has 0 fully saturated rings. The van der Waals surface area contributed by atoms with Gasteiger partial charge in [0.05, 0.1) is 0 Å². The molecule has 0 aromatic heterocycles. The molecule has 0 aromatic carbocycles. The Morgan fingerprint density at radius 2 is 2.67 bits per heavy atom. The highest BCUT2D eigenvalue weighted by Crippen LogP contribution is 2.05. The third-order valence-corrected chi connectivity index (χ3v) is 1.36. The van der Waals surface area contributed by atoms with Crippen LogP contribution in [0.3, 0.4) is 0 Å². The lowest BCUT2D eigenvalue weighted by atomic mass is 10.2. The van der Waals surface area contributed by atoms with Gasteiger partial charge >= 0.3 is 0 Å².